The summed E-state index contributed by atoms with van der Waals surface area (Å²) in [7, 11) is 0. The van der Waals surface area contributed by atoms with Gasteiger partial charge in [-0.2, -0.15) is 0 Å². The molecule has 0 aromatic carbocycles. The van der Waals surface area contributed by atoms with Gasteiger partial charge in [0.2, 0.25) is 17.8 Å². The number of carbonyl (C=O) groups excluding carboxylic acids is 2. The van der Waals surface area contributed by atoms with E-state index in [1.165, 1.54) is 6.08 Å². The van der Waals surface area contributed by atoms with Crippen LogP contribution >= 0.6 is 0 Å². The Kier molecular flexibility index (Phi) is 6.08. The summed E-state index contributed by atoms with van der Waals surface area (Å²) >= 11 is 0. The van der Waals surface area contributed by atoms with Gasteiger partial charge in [-0.25, -0.2) is 9.97 Å². The van der Waals surface area contributed by atoms with Crippen LogP contribution in [0.4, 0.5) is 5.95 Å². The van der Waals surface area contributed by atoms with E-state index in [4.69, 9.17) is 5.73 Å². The van der Waals surface area contributed by atoms with Crippen LogP contribution in [0.5, 0.6) is 0 Å². The van der Waals surface area contributed by atoms with Crippen LogP contribution in [0.3, 0.4) is 0 Å². The highest BCUT2D eigenvalue weighted by Gasteiger charge is 2.22. The molecule has 0 bridgehead atoms. The fourth-order valence-corrected chi connectivity index (χ4v) is 2.49. The Morgan fingerprint density at radius 1 is 1.20 bits per heavy atom. The van der Waals surface area contributed by atoms with Crippen molar-refractivity contribution in [1.29, 1.82) is 0 Å². The maximum absolute atomic E-state index is 12.2. The lowest BCUT2D eigenvalue weighted by molar-refractivity contribution is -0.128. The number of nitrogens with two attached hydrogens (primary N) is 1. The van der Waals surface area contributed by atoms with E-state index in [-0.39, 0.29) is 23.3 Å². The van der Waals surface area contributed by atoms with Crippen molar-refractivity contribution >= 4 is 23.8 Å². The first kappa shape index (κ1) is 18.9. The number of hydrogen-bond donors (Lipinski definition) is 2. The van der Waals surface area contributed by atoms with Gasteiger partial charge in [-0.15, -0.1) is 0 Å². The molecule has 8 heteroatoms. The third kappa shape index (κ3) is 6.50. The van der Waals surface area contributed by atoms with Gasteiger partial charge in [0, 0.05) is 55.8 Å². The van der Waals surface area contributed by atoms with Gasteiger partial charge in [0.05, 0.1) is 6.54 Å². The minimum atomic E-state index is -0.231. The van der Waals surface area contributed by atoms with Crippen molar-refractivity contribution in [2.24, 2.45) is 0 Å². The zero-order valence-corrected chi connectivity index (χ0v) is 15.0. The van der Waals surface area contributed by atoms with Gasteiger partial charge >= 0.3 is 0 Å². The monoisotopic (exact) mass is 346 g/mol. The van der Waals surface area contributed by atoms with E-state index in [1.54, 1.807) is 23.4 Å². The molecule has 0 spiro atoms. The molecule has 0 saturated carbocycles. The van der Waals surface area contributed by atoms with Crippen molar-refractivity contribution in [3.63, 3.8) is 0 Å². The zero-order valence-electron chi connectivity index (χ0n) is 15.0. The van der Waals surface area contributed by atoms with Crippen LogP contribution < -0.4 is 11.1 Å². The molecule has 25 heavy (non-hydrogen) atoms. The van der Waals surface area contributed by atoms with Crippen molar-refractivity contribution < 1.29 is 9.59 Å². The minimum Gasteiger partial charge on any atom is -0.368 e. The molecule has 2 heterocycles. The minimum absolute atomic E-state index is 0.00974. The molecule has 136 valence electrons. The van der Waals surface area contributed by atoms with Crippen molar-refractivity contribution in [3.05, 3.63) is 24.0 Å². The van der Waals surface area contributed by atoms with Crippen molar-refractivity contribution in [2.45, 2.75) is 26.3 Å². The third-order valence-corrected chi connectivity index (χ3v) is 3.68. The molecular formula is C17H26N6O2. The summed E-state index contributed by atoms with van der Waals surface area (Å²) in [5.41, 5.74) is 5.92. The van der Waals surface area contributed by atoms with Crippen molar-refractivity contribution in [1.82, 2.24) is 25.1 Å². The largest absolute Gasteiger partial charge is 0.368 e. The molecule has 2 rings (SSSR count). The molecule has 0 aliphatic carbocycles. The number of rotatable bonds is 4. The smallest absolute Gasteiger partial charge is 0.246 e. The van der Waals surface area contributed by atoms with Crippen LogP contribution in [0.2, 0.25) is 0 Å². The van der Waals surface area contributed by atoms with E-state index < -0.39 is 0 Å². The lowest BCUT2D eigenvalue weighted by Gasteiger charge is -2.34. The standard InChI is InChI=1S/C17H26N6O2/c1-17(2,3)21-14(24)12-22-6-8-23(9-7-22)15(25)5-4-13-10-19-16(18)20-11-13/h4-5,10-11H,6-9,12H2,1-3H3,(H,21,24)(H2,18,19,20). The molecule has 1 aliphatic heterocycles. The molecule has 1 saturated heterocycles. The summed E-state index contributed by atoms with van der Waals surface area (Å²) in [6, 6.07) is 0. The Morgan fingerprint density at radius 3 is 2.36 bits per heavy atom. The van der Waals surface area contributed by atoms with E-state index in [1.807, 2.05) is 20.8 Å². The number of piperazine rings is 1. The number of aromatic nitrogens is 2. The average Bonchev–Trinajstić information content (AvgIpc) is 2.53. The Balaban J connectivity index is 1.78. The van der Waals surface area contributed by atoms with E-state index >= 15 is 0 Å². The van der Waals surface area contributed by atoms with E-state index in [2.05, 4.69) is 20.2 Å². The maximum atomic E-state index is 12.2. The number of nitrogen functional groups attached to an aromatic ring is 1. The number of nitrogens with one attached hydrogen (secondary N) is 1. The molecule has 1 aliphatic rings. The summed E-state index contributed by atoms with van der Waals surface area (Å²) in [6.45, 7) is 8.80. The molecule has 1 aromatic heterocycles. The van der Waals surface area contributed by atoms with Gasteiger partial charge in [-0.05, 0) is 26.8 Å². The molecule has 0 radical (unpaired) electrons. The number of hydrogen-bond acceptors (Lipinski definition) is 6. The molecule has 3 N–H and O–H groups in total. The zero-order chi connectivity index (χ0) is 18.4. The average molecular weight is 346 g/mol. The van der Waals surface area contributed by atoms with Gasteiger partial charge in [0.25, 0.3) is 0 Å². The second-order valence-electron chi connectivity index (χ2n) is 7.11. The van der Waals surface area contributed by atoms with Crippen LogP contribution in [0.1, 0.15) is 26.3 Å². The third-order valence-electron chi connectivity index (χ3n) is 3.68. The highest BCUT2D eigenvalue weighted by molar-refractivity contribution is 5.91. The molecule has 1 fully saturated rings. The number of anilines is 1. The van der Waals surface area contributed by atoms with Gasteiger partial charge in [0.1, 0.15) is 0 Å². The molecule has 8 nitrogen and oxygen atoms in total. The second-order valence-corrected chi connectivity index (χ2v) is 7.11. The fraction of sp³-hybridized carbons (Fsp3) is 0.529. The van der Waals surface area contributed by atoms with Crippen molar-refractivity contribution in [2.75, 3.05) is 38.5 Å². The van der Waals surface area contributed by atoms with Crippen LogP contribution in [0, 0.1) is 0 Å². The predicted molar refractivity (Wildman–Crippen MR) is 96.4 cm³/mol. The van der Waals surface area contributed by atoms with Crippen LogP contribution in [0.15, 0.2) is 18.5 Å². The highest BCUT2D eigenvalue weighted by Crippen LogP contribution is 2.06. The maximum Gasteiger partial charge on any atom is 0.246 e. The van der Waals surface area contributed by atoms with Gasteiger partial charge in [-0.3, -0.25) is 14.5 Å². The second kappa shape index (κ2) is 8.06. The van der Waals surface area contributed by atoms with Gasteiger partial charge in [-0.1, -0.05) is 0 Å². The van der Waals surface area contributed by atoms with E-state index in [0.717, 1.165) is 5.56 Å². The normalized spacial score (nSPS) is 16.2. The summed E-state index contributed by atoms with van der Waals surface area (Å²) in [5.74, 6) is 0.154. The lowest BCUT2D eigenvalue weighted by atomic mass is 10.1. The lowest BCUT2D eigenvalue weighted by Crippen LogP contribution is -2.52. The van der Waals surface area contributed by atoms with Gasteiger partial charge in [0.15, 0.2) is 0 Å². The van der Waals surface area contributed by atoms with Crippen LogP contribution in [-0.2, 0) is 9.59 Å². The molecule has 0 unspecified atom stereocenters. The summed E-state index contributed by atoms with van der Waals surface area (Å²) < 4.78 is 0. The Hall–Kier alpha value is -2.48. The Morgan fingerprint density at radius 2 is 1.80 bits per heavy atom. The molecule has 1 aromatic rings. The number of carbonyl (C=O) groups is 2. The molecule has 2 amide bonds. The molecule has 0 atom stereocenters. The first-order valence-electron chi connectivity index (χ1n) is 8.31. The van der Waals surface area contributed by atoms with E-state index in [9.17, 15) is 9.59 Å². The topological polar surface area (TPSA) is 104 Å². The first-order chi connectivity index (χ1) is 11.7. The SMILES string of the molecule is CC(C)(C)NC(=O)CN1CCN(C(=O)C=Cc2cnc(N)nc2)CC1. The summed E-state index contributed by atoms with van der Waals surface area (Å²) in [5, 5.41) is 2.95. The predicted octanol–water partition coefficient (Wildman–Crippen LogP) is 0.131. The van der Waals surface area contributed by atoms with Gasteiger partial charge < -0.3 is 16.0 Å². The summed E-state index contributed by atoms with van der Waals surface area (Å²) in [4.78, 5) is 35.8. The van der Waals surface area contributed by atoms with Crippen LogP contribution in [-0.4, -0.2) is 69.8 Å². The quantitative estimate of drug-likeness (QED) is 0.751. The Labute approximate surface area is 148 Å². The fourth-order valence-electron chi connectivity index (χ4n) is 2.49. The van der Waals surface area contributed by atoms with Crippen LogP contribution in [0.25, 0.3) is 6.08 Å². The number of amides is 2. The van der Waals surface area contributed by atoms with Crippen molar-refractivity contribution in [3.8, 4) is 0 Å². The highest BCUT2D eigenvalue weighted by atomic mass is 16.2. The first-order valence-corrected chi connectivity index (χ1v) is 8.31. The summed E-state index contributed by atoms with van der Waals surface area (Å²) in [6.07, 6.45) is 6.32. The number of nitrogens with zero attached hydrogens (tertiary/aromatic N) is 4. The Bertz CT molecular complexity index is 628. The van der Waals surface area contributed by atoms with E-state index in [0.29, 0.717) is 32.7 Å². The molecular weight excluding hydrogens is 320 g/mol.